The van der Waals surface area contributed by atoms with Gasteiger partial charge in [-0.3, -0.25) is 4.68 Å². The number of benzene rings is 2. The summed E-state index contributed by atoms with van der Waals surface area (Å²) in [6.45, 7) is 0.386. The van der Waals surface area contributed by atoms with Crippen molar-refractivity contribution in [2.45, 2.75) is 37.7 Å². The van der Waals surface area contributed by atoms with Crippen LogP contribution in [-0.2, 0) is 16.6 Å². The molecule has 0 amide bonds. The fourth-order valence-electron chi connectivity index (χ4n) is 6.55. The quantitative estimate of drug-likeness (QED) is 0.297. The van der Waals surface area contributed by atoms with Crippen molar-refractivity contribution >= 4 is 58.6 Å². The fraction of sp³-hybridized carbons (Fsp3) is 0.406. The standard InChI is InChI=1S/C32H30Cl3N3O4/c1-38-27-12-17(8-10-20(27)30(36-38)32(39)40-2)21-14-22(21)19-11-9-18(13-26(19)35)41-15-23-29(37-42-31(23)16-6-7-16)28-24(33)4-3-5-25(28)34/h3-5,9-13,16-17,21-23,31H,6-8,14-15H2,1-2H3. The van der Waals surface area contributed by atoms with E-state index in [4.69, 9.17) is 49.1 Å². The van der Waals surface area contributed by atoms with E-state index in [9.17, 15) is 4.79 Å². The molecule has 7 nitrogen and oxygen atoms in total. The van der Waals surface area contributed by atoms with Crippen molar-refractivity contribution in [2.24, 2.45) is 35.9 Å². The topological polar surface area (TPSA) is 74.9 Å². The average Bonchev–Trinajstić information content (AvgIpc) is 3.91. The van der Waals surface area contributed by atoms with Crippen LogP contribution < -0.4 is 15.3 Å². The number of ether oxygens (including phenoxy) is 2. The van der Waals surface area contributed by atoms with E-state index in [1.54, 1.807) is 4.68 Å². The fourth-order valence-corrected chi connectivity index (χ4v) is 7.46. The number of aromatic nitrogens is 2. The molecule has 0 N–H and O–H groups in total. The number of hydrogen-bond donors (Lipinski definition) is 0. The van der Waals surface area contributed by atoms with E-state index in [1.165, 1.54) is 7.11 Å². The molecule has 42 heavy (non-hydrogen) atoms. The first-order valence-electron chi connectivity index (χ1n) is 14.3. The van der Waals surface area contributed by atoms with Gasteiger partial charge in [0.05, 0.1) is 28.4 Å². The van der Waals surface area contributed by atoms with E-state index in [2.05, 4.69) is 28.5 Å². The lowest BCUT2D eigenvalue weighted by Crippen LogP contribution is -2.34. The first kappa shape index (κ1) is 27.8. The molecule has 1 aliphatic heterocycles. The summed E-state index contributed by atoms with van der Waals surface area (Å²) in [4.78, 5) is 18.0. The van der Waals surface area contributed by atoms with Gasteiger partial charge < -0.3 is 14.3 Å². The zero-order valence-corrected chi connectivity index (χ0v) is 25.5. The second-order valence-corrected chi connectivity index (χ2v) is 12.8. The molecule has 2 fully saturated rings. The Bertz CT molecular complexity index is 1710. The van der Waals surface area contributed by atoms with E-state index in [1.807, 2.05) is 37.4 Å². The smallest absolute Gasteiger partial charge is 0.359 e. The second-order valence-electron chi connectivity index (χ2n) is 11.6. The van der Waals surface area contributed by atoms with Gasteiger partial charge in [-0.25, -0.2) is 4.79 Å². The molecule has 0 saturated heterocycles. The minimum Gasteiger partial charge on any atom is -0.493 e. The normalized spacial score (nSPS) is 25.9. The molecule has 4 aliphatic rings. The van der Waals surface area contributed by atoms with Crippen LogP contribution in [0.15, 0.2) is 41.6 Å². The Balaban J connectivity index is 1.05. The number of aryl methyl sites for hydroxylation is 1. The van der Waals surface area contributed by atoms with Crippen molar-refractivity contribution in [2.75, 3.05) is 13.7 Å². The highest BCUT2D eigenvalue weighted by Gasteiger charge is 2.46. The predicted octanol–water partition coefficient (Wildman–Crippen LogP) is 5.76. The van der Waals surface area contributed by atoms with Gasteiger partial charge in [0.2, 0.25) is 0 Å². The van der Waals surface area contributed by atoms with Crippen molar-refractivity contribution in [1.82, 2.24) is 9.78 Å². The van der Waals surface area contributed by atoms with Crippen LogP contribution in [0.3, 0.4) is 0 Å². The summed E-state index contributed by atoms with van der Waals surface area (Å²) in [5, 5.41) is 12.4. The lowest BCUT2D eigenvalue weighted by molar-refractivity contribution is 0.0340. The van der Waals surface area contributed by atoms with Gasteiger partial charge in [-0.15, -0.1) is 0 Å². The van der Waals surface area contributed by atoms with E-state index in [0.717, 1.165) is 47.5 Å². The lowest BCUT2D eigenvalue weighted by Gasteiger charge is -2.20. The number of halogens is 3. The SMILES string of the molecule is COC(=O)c1nn(C)c2c1=CCC(C1CC1c1ccc(OCC3C(c4c(Cl)cccc4Cl)=NOC3C3CC3)cc1Cl)C=2. The first-order chi connectivity index (χ1) is 20.3. The van der Waals surface area contributed by atoms with Gasteiger partial charge in [0, 0.05) is 22.9 Å². The Kier molecular flexibility index (Phi) is 7.24. The maximum atomic E-state index is 12.1. The number of hydrogen-bond acceptors (Lipinski definition) is 6. The highest BCUT2D eigenvalue weighted by Crippen LogP contribution is 2.55. The number of methoxy groups -OCH3 is 1. The van der Waals surface area contributed by atoms with Crippen LogP contribution in [0.4, 0.5) is 0 Å². The molecule has 0 radical (unpaired) electrons. The minimum absolute atomic E-state index is 0.0542. The highest BCUT2D eigenvalue weighted by atomic mass is 35.5. The molecule has 2 heterocycles. The number of esters is 1. The summed E-state index contributed by atoms with van der Waals surface area (Å²) < 4.78 is 13.0. The Morgan fingerprint density at radius 3 is 2.62 bits per heavy atom. The maximum absolute atomic E-state index is 12.1. The largest absolute Gasteiger partial charge is 0.493 e. The van der Waals surface area contributed by atoms with Crippen molar-refractivity contribution in [3.8, 4) is 5.75 Å². The van der Waals surface area contributed by atoms with Gasteiger partial charge in [-0.2, -0.15) is 5.10 Å². The molecule has 5 atom stereocenters. The number of rotatable bonds is 8. The lowest BCUT2D eigenvalue weighted by atomic mass is 9.90. The van der Waals surface area contributed by atoms with Gasteiger partial charge in [-0.1, -0.05) is 64.2 Å². The number of nitrogens with zero attached hydrogens (tertiary/aromatic N) is 3. The van der Waals surface area contributed by atoms with Crippen LogP contribution >= 0.6 is 34.8 Å². The molecule has 7 rings (SSSR count). The molecule has 2 aromatic carbocycles. The molecule has 2 saturated carbocycles. The molecular formula is C32H30Cl3N3O4. The number of carbonyl (C=O) groups is 1. The number of fused-ring (bicyclic) bond motifs is 1. The second kappa shape index (κ2) is 10.9. The summed E-state index contributed by atoms with van der Waals surface area (Å²) in [5.41, 5.74) is 2.96. The van der Waals surface area contributed by atoms with E-state index in [-0.39, 0.29) is 12.0 Å². The third-order valence-corrected chi connectivity index (χ3v) is 9.95. The van der Waals surface area contributed by atoms with E-state index >= 15 is 0 Å². The van der Waals surface area contributed by atoms with Gasteiger partial charge in [0.1, 0.15) is 24.2 Å². The van der Waals surface area contributed by atoms with E-state index < -0.39 is 5.97 Å². The van der Waals surface area contributed by atoms with Crippen LogP contribution in [-0.4, -0.2) is 41.3 Å². The maximum Gasteiger partial charge on any atom is 0.359 e. The predicted molar refractivity (Wildman–Crippen MR) is 163 cm³/mol. The molecule has 1 aromatic heterocycles. The molecule has 218 valence electrons. The van der Waals surface area contributed by atoms with Crippen LogP contribution in [0.1, 0.15) is 53.2 Å². The molecular weight excluding hydrogens is 597 g/mol. The van der Waals surface area contributed by atoms with Gasteiger partial charge in [-0.05, 0) is 79.2 Å². The zero-order valence-electron chi connectivity index (χ0n) is 23.2. The number of oxime groups is 1. The summed E-state index contributed by atoms with van der Waals surface area (Å²) in [5.74, 6) is 1.88. The summed E-state index contributed by atoms with van der Waals surface area (Å²) in [7, 11) is 3.24. The van der Waals surface area contributed by atoms with Crippen LogP contribution in [0.5, 0.6) is 5.75 Å². The van der Waals surface area contributed by atoms with Crippen LogP contribution in [0.25, 0.3) is 12.2 Å². The van der Waals surface area contributed by atoms with Gasteiger partial charge in [0.15, 0.2) is 5.69 Å². The molecule has 0 spiro atoms. The number of carbonyl (C=O) groups excluding carboxylic acids is 1. The molecule has 5 unspecified atom stereocenters. The molecule has 3 aromatic rings. The zero-order chi connectivity index (χ0) is 29.1. The van der Waals surface area contributed by atoms with Gasteiger partial charge >= 0.3 is 5.97 Å². The van der Waals surface area contributed by atoms with Crippen molar-refractivity contribution < 1.29 is 19.1 Å². The highest BCUT2D eigenvalue weighted by molar-refractivity contribution is 6.40. The Labute approximate surface area is 258 Å². The average molecular weight is 627 g/mol. The third kappa shape index (κ3) is 4.99. The van der Waals surface area contributed by atoms with Gasteiger partial charge in [0.25, 0.3) is 0 Å². The monoisotopic (exact) mass is 625 g/mol. The van der Waals surface area contributed by atoms with Crippen molar-refractivity contribution in [3.63, 3.8) is 0 Å². The van der Waals surface area contributed by atoms with Crippen molar-refractivity contribution in [3.05, 3.63) is 78.9 Å². The van der Waals surface area contributed by atoms with Crippen molar-refractivity contribution in [1.29, 1.82) is 0 Å². The third-order valence-electron chi connectivity index (χ3n) is 8.99. The molecule has 0 bridgehead atoms. The molecule has 3 aliphatic carbocycles. The summed E-state index contributed by atoms with van der Waals surface area (Å²) >= 11 is 19.9. The van der Waals surface area contributed by atoms with Crippen LogP contribution in [0, 0.1) is 23.7 Å². The van der Waals surface area contributed by atoms with E-state index in [0.29, 0.717) is 62.4 Å². The Morgan fingerprint density at radius 1 is 1.12 bits per heavy atom. The first-order valence-corrected chi connectivity index (χ1v) is 15.4. The minimum atomic E-state index is -0.409. The Morgan fingerprint density at radius 2 is 1.90 bits per heavy atom. The molecule has 10 heteroatoms. The summed E-state index contributed by atoms with van der Waals surface area (Å²) in [6, 6.07) is 11.4. The van der Waals surface area contributed by atoms with Crippen LogP contribution in [0.2, 0.25) is 15.1 Å². The summed E-state index contributed by atoms with van der Waals surface area (Å²) in [6.07, 6.45) is 8.46. The Hall–Kier alpha value is -3.00.